The number of benzene rings is 7. The molecule has 10 nitrogen and oxygen atoms in total. The van der Waals surface area contributed by atoms with Gasteiger partial charge in [-0.1, -0.05) is 188 Å². The normalized spacial score (nSPS) is 15.0. The highest BCUT2D eigenvalue weighted by atomic mass is 32.2. The van der Waals surface area contributed by atoms with Gasteiger partial charge in [-0.3, -0.25) is 29.6 Å². The van der Waals surface area contributed by atoms with Crippen molar-refractivity contribution < 1.29 is 28.8 Å². The first-order valence-corrected chi connectivity index (χ1v) is 25.0. The lowest BCUT2D eigenvalue weighted by Gasteiger charge is -2.54. The topological polar surface area (TPSA) is 129 Å². The number of β-lactam (4-membered cyclic amide) rings is 1. The quantitative estimate of drug-likeness (QED) is 0.0232. The number of nitro groups is 1. The zero-order chi connectivity index (χ0) is 47.8. The van der Waals surface area contributed by atoms with Crippen molar-refractivity contribution in [1.82, 2.24) is 9.88 Å². The molecule has 1 fully saturated rings. The summed E-state index contributed by atoms with van der Waals surface area (Å²) in [5.74, 6) is -2.86. The summed E-state index contributed by atoms with van der Waals surface area (Å²) in [6, 6.07) is 68.7. The number of carbonyl (C=O) groups excluding carboxylic acids is 3. The van der Waals surface area contributed by atoms with Crippen LogP contribution in [0.15, 0.2) is 231 Å². The van der Waals surface area contributed by atoms with Gasteiger partial charge in [0.05, 0.1) is 9.67 Å². The van der Waals surface area contributed by atoms with E-state index in [1.54, 1.807) is 41.6 Å². The molecule has 0 bridgehead atoms. The molecule has 3 atom stereocenters. The summed E-state index contributed by atoms with van der Waals surface area (Å²) in [4.78, 5) is 62.6. The molecule has 342 valence electrons. The molecule has 2 heterocycles. The first-order chi connectivity index (χ1) is 33.7. The van der Waals surface area contributed by atoms with E-state index in [2.05, 4.69) is 41.4 Å². The Morgan fingerprint density at radius 1 is 0.667 bits per heavy atom. The smallest absolute Gasteiger partial charge is 0.356 e. The molecule has 0 aliphatic carbocycles. The predicted molar refractivity (Wildman–Crippen MR) is 273 cm³/mol. The van der Waals surface area contributed by atoms with Gasteiger partial charge in [0, 0.05) is 43.9 Å². The number of hydrogen-bond donors (Lipinski definition) is 0. The van der Waals surface area contributed by atoms with Crippen molar-refractivity contribution >= 4 is 63.5 Å². The van der Waals surface area contributed by atoms with Crippen molar-refractivity contribution in [2.45, 2.75) is 29.8 Å². The SMILES string of the molecule is CC(=O)OC(c1cccnc1)C1C(=O)N(C(C(=O)OCc2ccc([N+](=O)[O-])cc2)=P(c2ccccc2)(c2ccccc2)c2ccccc2)C1SC(c1ccccc1)(c1ccccc1)c1ccccc1. The van der Waals surface area contributed by atoms with E-state index in [9.17, 15) is 14.9 Å². The zero-order valence-electron chi connectivity index (χ0n) is 37.4. The van der Waals surface area contributed by atoms with Crippen molar-refractivity contribution in [2.24, 2.45) is 5.92 Å². The van der Waals surface area contributed by atoms with Gasteiger partial charge in [-0.25, -0.2) is 4.79 Å². The predicted octanol–water partition coefficient (Wildman–Crippen LogP) is 9.97. The van der Waals surface area contributed by atoms with Gasteiger partial charge in [-0.05, 0) is 56.4 Å². The molecule has 1 amide bonds. The Bertz CT molecular complexity index is 2920. The number of nitro benzene ring substituents is 1. The Morgan fingerprint density at radius 3 is 1.52 bits per heavy atom. The number of likely N-dealkylation sites (tertiary alicyclic amines) is 1. The summed E-state index contributed by atoms with van der Waals surface area (Å²) in [6.45, 7) is -2.41. The first-order valence-electron chi connectivity index (χ1n) is 22.3. The molecule has 1 aromatic heterocycles. The van der Waals surface area contributed by atoms with E-state index in [-0.39, 0.29) is 17.7 Å². The maximum absolute atomic E-state index is 16.2. The largest absolute Gasteiger partial charge is 0.457 e. The third-order valence-electron chi connectivity index (χ3n) is 12.2. The fourth-order valence-corrected chi connectivity index (χ4v) is 15.5. The zero-order valence-corrected chi connectivity index (χ0v) is 39.1. The molecule has 9 rings (SSSR count). The molecule has 0 N–H and O–H groups in total. The minimum atomic E-state index is -3.47. The van der Waals surface area contributed by atoms with E-state index in [4.69, 9.17) is 9.47 Å². The standard InChI is InChI=1S/C57H46N3O7PS/c1-41(61)67-52(43-21-20-38-58-39-43)51-53(62)59(55(51)69-57(44-22-8-2-9-23-44,45-24-10-3-11-25-45)46-26-12-4-13-27-46)54(56(63)66-40-42-34-36-47(37-35-42)60(64)65)68(48-28-14-5-15-29-48,49-30-16-6-17-31-49)50-32-18-7-19-33-50/h2-39,51-52,55H,40H2,1H3. The number of ether oxygens (including phenoxy) is 2. The van der Waals surface area contributed by atoms with Gasteiger partial charge >= 0.3 is 11.9 Å². The van der Waals surface area contributed by atoms with E-state index < -0.39 is 51.8 Å². The van der Waals surface area contributed by atoms with Crippen LogP contribution >= 0.6 is 18.6 Å². The lowest BCUT2D eigenvalue weighted by atomic mass is 9.84. The second-order valence-corrected chi connectivity index (χ2v) is 21.0. The van der Waals surface area contributed by atoms with Gasteiger partial charge in [0.15, 0.2) is 0 Å². The van der Waals surface area contributed by atoms with Crippen LogP contribution in [0.1, 0.15) is 40.8 Å². The summed E-state index contributed by atoms with van der Waals surface area (Å²) in [6.07, 6.45) is 2.10. The molecule has 7 aromatic carbocycles. The highest BCUT2D eigenvalue weighted by molar-refractivity contribution is 8.01. The van der Waals surface area contributed by atoms with Gasteiger partial charge in [-0.15, -0.1) is 11.8 Å². The van der Waals surface area contributed by atoms with Crippen molar-refractivity contribution in [3.63, 3.8) is 0 Å². The molecule has 0 radical (unpaired) electrons. The number of nitrogens with zero attached hydrogens (tertiary/aromatic N) is 3. The number of thioether (sulfide) groups is 1. The van der Waals surface area contributed by atoms with E-state index in [1.807, 2.05) is 146 Å². The number of carbonyl (C=O) groups is 3. The van der Waals surface area contributed by atoms with Gasteiger partial charge in [-0.2, -0.15) is 0 Å². The summed E-state index contributed by atoms with van der Waals surface area (Å²) >= 11 is 1.49. The summed E-state index contributed by atoms with van der Waals surface area (Å²) in [5, 5.41) is 13.0. The Kier molecular flexibility index (Phi) is 13.8. The minimum Gasteiger partial charge on any atom is -0.457 e. The van der Waals surface area contributed by atoms with Crippen LogP contribution in [-0.4, -0.2) is 43.4 Å². The molecule has 12 heteroatoms. The van der Waals surface area contributed by atoms with Crippen LogP contribution in [-0.2, 0) is 35.2 Å². The lowest BCUT2D eigenvalue weighted by Crippen LogP contribution is -2.67. The monoisotopic (exact) mass is 947 g/mol. The van der Waals surface area contributed by atoms with Crippen LogP contribution in [0.3, 0.4) is 0 Å². The van der Waals surface area contributed by atoms with E-state index in [0.717, 1.165) is 32.6 Å². The fraction of sp³-hybridized carbons (Fsp3) is 0.105. The second kappa shape index (κ2) is 20.6. The summed E-state index contributed by atoms with van der Waals surface area (Å²) < 4.78 is 11.6. The Labute approximate surface area is 404 Å². The number of amides is 1. The molecule has 0 saturated carbocycles. The molecule has 8 aromatic rings. The number of non-ortho nitro benzene ring substituents is 1. The lowest BCUT2D eigenvalue weighted by molar-refractivity contribution is -0.384. The average Bonchev–Trinajstić information content (AvgIpc) is 3.40. The number of rotatable bonds is 16. The third kappa shape index (κ3) is 9.02. The number of hydrogen-bond acceptors (Lipinski definition) is 9. The van der Waals surface area contributed by atoms with Crippen LogP contribution in [0.5, 0.6) is 0 Å². The maximum atomic E-state index is 16.2. The van der Waals surface area contributed by atoms with Crippen LogP contribution < -0.4 is 15.9 Å². The van der Waals surface area contributed by atoms with Crippen LogP contribution in [0, 0.1) is 16.0 Å². The van der Waals surface area contributed by atoms with Crippen LogP contribution in [0.4, 0.5) is 5.69 Å². The van der Waals surface area contributed by atoms with Gasteiger partial charge in [0.25, 0.3) is 5.69 Å². The number of pyridine rings is 1. The number of aromatic nitrogens is 1. The van der Waals surface area contributed by atoms with E-state index in [0.29, 0.717) is 11.1 Å². The van der Waals surface area contributed by atoms with Crippen molar-refractivity contribution in [1.29, 1.82) is 0 Å². The molecule has 1 saturated heterocycles. The molecule has 1 aliphatic rings. The van der Waals surface area contributed by atoms with Crippen molar-refractivity contribution in [2.75, 3.05) is 0 Å². The Balaban J connectivity index is 1.38. The number of esters is 2. The highest BCUT2D eigenvalue weighted by Gasteiger charge is 2.60. The molecule has 1 aliphatic heterocycles. The molecular weight excluding hydrogens is 902 g/mol. The van der Waals surface area contributed by atoms with Crippen LogP contribution in [0.2, 0.25) is 0 Å². The Morgan fingerprint density at radius 2 is 1.12 bits per heavy atom. The summed E-state index contributed by atoms with van der Waals surface area (Å²) in [7, 11) is 0. The maximum Gasteiger partial charge on any atom is 0.356 e. The fourth-order valence-electron chi connectivity index (χ4n) is 9.19. The van der Waals surface area contributed by atoms with Crippen LogP contribution in [0.25, 0.3) is 0 Å². The second-order valence-electron chi connectivity index (χ2n) is 16.3. The van der Waals surface area contributed by atoms with Crippen molar-refractivity contribution in [3.05, 3.63) is 269 Å². The van der Waals surface area contributed by atoms with Gasteiger partial charge in [0.2, 0.25) is 5.91 Å². The molecular formula is C57H46N3O7PS. The highest BCUT2D eigenvalue weighted by Crippen LogP contribution is 2.59. The minimum absolute atomic E-state index is 0.105. The van der Waals surface area contributed by atoms with Gasteiger partial charge in [0.1, 0.15) is 29.4 Å². The van der Waals surface area contributed by atoms with Crippen molar-refractivity contribution in [3.8, 4) is 0 Å². The summed E-state index contributed by atoms with van der Waals surface area (Å²) in [5.41, 5.74) is 3.76. The van der Waals surface area contributed by atoms with E-state index in [1.165, 1.54) is 30.8 Å². The molecule has 69 heavy (non-hydrogen) atoms. The van der Waals surface area contributed by atoms with Gasteiger partial charge < -0.3 is 9.47 Å². The molecule has 0 spiro atoms. The Hall–Kier alpha value is -7.85. The third-order valence-corrected chi connectivity index (χ3v) is 18.3. The average molecular weight is 948 g/mol. The van der Waals surface area contributed by atoms with E-state index >= 15 is 9.59 Å². The molecule has 3 unspecified atom stereocenters. The first kappa shape index (κ1) is 46.3.